The number of hydrogen-bond donors (Lipinski definition) is 1. The van der Waals surface area contributed by atoms with Crippen LogP contribution in [-0.4, -0.2) is 23.4 Å². The first kappa shape index (κ1) is 12.2. The van der Waals surface area contributed by atoms with Crippen molar-refractivity contribution in [3.05, 3.63) is 0 Å². The topological polar surface area (TPSA) is 89.4 Å². The molecule has 0 aliphatic carbocycles. The molecule has 0 rings (SSSR count). The molecule has 4 nitrogen and oxygen atoms in total. The summed E-state index contributed by atoms with van der Waals surface area (Å²) in [6.45, 7) is 0. The molecule has 0 bridgehead atoms. The Morgan fingerprint density at radius 2 is 1.11 bits per heavy atom. The van der Waals surface area contributed by atoms with Crippen molar-refractivity contribution < 1.29 is 28.9 Å². The zero-order valence-corrected chi connectivity index (χ0v) is 7.03. The predicted octanol–water partition coefficient (Wildman–Crippen LogP) is -3.63. The predicted molar refractivity (Wildman–Crippen MR) is 27.4 cm³/mol. The van der Waals surface area contributed by atoms with Crippen LogP contribution in [0, 0.1) is 10.2 Å². The lowest BCUT2D eigenvalue weighted by molar-refractivity contribution is -1.92. The molecule has 0 aliphatic rings. The third-order valence-electron chi connectivity index (χ3n) is 0. The van der Waals surface area contributed by atoms with E-state index in [0.717, 1.165) is 0 Å². The van der Waals surface area contributed by atoms with Gasteiger partial charge in [-0.05, 0) is 10.9 Å². The summed E-state index contributed by atoms with van der Waals surface area (Å²) in [5.74, 6) is 0. The van der Waals surface area contributed by atoms with Crippen molar-refractivity contribution in [2.24, 2.45) is 0 Å². The standard InChI is InChI=1S/C3H9S.ClHO4/c1-4(2)3;2-1(3,4)5/h1-3H3;(H,2,3,4,5)/q+1;. The zero-order chi connectivity index (χ0) is 8.08. The molecular weight excluding hydrogens is 168 g/mol. The van der Waals surface area contributed by atoms with Crippen LogP contribution in [-0.2, 0) is 10.9 Å². The molecule has 0 aromatic heterocycles. The van der Waals surface area contributed by atoms with E-state index in [9.17, 15) is 0 Å². The maximum absolute atomic E-state index is 8.60. The molecule has 0 spiro atoms. The second-order valence-corrected chi connectivity index (χ2v) is 4.86. The molecule has 6 heteroatoms. The van der Waals surface area contributed by atoms with E-state index in [0.29, 0.717) is 10.9 Å². The van der Waals surface area contributed by atoms with Crippen molar-refractivity contribution in [2.45, 2.75) is 0 Å². The van der Waals surface area contributed by atoms with Crippen molar-refractivity contribution in [1.29, 1.82) is 0 Å². The molecule has 0 aromatic rings. The van der Waals surface area contributed by atoms with Crippen molar-refractivity contribution in [1.82, 2.24) is 0 Å². The van der Waals surface area contributed by atoms with E-state index >= 15 is 0 Å². The Hall–Kier alpha value is 0.480. The molecule has 9 heavy (non-hydrogen) atoms. The Bertz CT molecular complexity index is 52.6. The van der Waals surface area contributed by atoms with Crippen LogP contribution in [0.2, 0.25) is 0 Å². The molecule has 0 saturated heterocycles. The Labute approximate surface area is 59.2 Å². The van der Waals surface area contributed by atoms with Gasteiger partial charge in [0.2, 0.25) is 0 Å². The molecular formula is C3H10ClO4S+. The van der Waals surface area contributed by atoms with Crippen LogP contribution < -0.4 is 14.0 Å². The highest BCUT2D eigenvalue weighted by molar-refractivity contribution is 7.94. The van der Waals surface area contributed by atoms with Crippen LogP contribution in [0.4, 0.5) is 0 Å². The molecule has 1 N–H and O–H groups in total. The van der Waals surface area contributed by atoms with Gasteiger partial charge in [-0.2, -0.15) is 14.0 Å². The van der Waals surface area contributed by atoms with Gasteiger partial charge in [-0.3, -0.25) is 0 Å². The van der Waals surface area contributed by atoms with Gasteiger partial charge in [0.05, 0.1) is 33.7 Å². The molecule has 0 amide bonds. The average Bonchev–Trinajstić information content (AvgIpc) is 1.19. The fourth-order valence-electron chi connectivity index (χ4n) is 0. The Morgan fingerprint density at radius 3 is 1.11 bits per heavy atom. The second kappa shape index (κ2) is 5.28. The summed E-state index contributed by atoms with van der Waals surface area (Å²) < 4.78 is 32.7. The smallest absolute Gasteiger partial charge is 0.0969 e. The molecule has 58 valence electrons. The van der Waals surface area contributed by atoms with E-state index < -0.39 is 10.2 Å². The summed E-state index contributed by atoms with van der Waals surface area (Å²) in [6.07, 6.45) is 6.58. The third-order valence-corrected chi connectivity index (χ3v) is 0. The van der Waals surface area contributed by atoms with Crippen LogP contribution in [0.15, 0.2) is 0 Å². The molecule has 0 fully saturated rings. The first-order chi connectivity index (χ1) is 3.73. The van der Waals surface area contributed by atoms with Crippen LogP contribution in [0.5, 0.6) is 0 Å². The van der Waals surface area contributed by atoms with E-state index in [2.05, 4.69) is 18.8 Å². The summed E-state index contributed by atoms with van der Waals surface area (Å²) in [6, 6.07) is 0. The molecule has 0 atom stereocenters. The van der Waals surface area contributed by atoms with Crippen molar-refractivity contribution in [3.63, 3.8) is 0 Å². The molecule has 0 unspecified atom stereocenters. The van der Waals surface area contributed by atoms with Gasteiger partial charge in [-0.1, -0.05) is 0 Å². The van der Waals surface area contributed by atoms with Gasteiger partial charge >= 0.3 is 0 Å². The Balaban J connectivity index is 0. The van der Waals surface area contributed by atoms with E-state index in [1.54, 1.807) is 0 Å². The fourth-order valence-corrected chi connectivity index (χ4v) is 0. The molecule has 0 heterocycles. The molecule has 0 saturated carbocycles. The largest absolute Gasteiger partial charge is 0.183 e. The lowest BCUT2D eigenvalue weighted by Gasteiger charge is -2.03. The minimum absolute atomic E-state index is 0.639. The highest BCUT2D eigenvalue weighted by atomic mass is 35.7. The Kier molecular flexibility index (Phi) is 7.15. The van der Waals surface area contributed by atoms with E-state index in [-0.39, 0.29) is 0 Å². The van der Waals surface area contributed by atoms with E-state index in [4.69, 9.17) is 18.6 Å². The van der Waals surface area contributed by atoms with Gasteiger partial charge in [-0.25, -0.2) is 0 Å². The SMILES string of the molecule is C[S+](C)C.[O-][Cl+3]([O-])([O-])O. The maximum Gasteiger partial charge on any atom is 0.0969 e. The minimum atomic E-state index is -4.69. The van der Waals surface area contributed by atoms with E-state index in [1.807, 2.05) is 0 Å². The average molecular weight is 178 g/mol. The van der Waals surface area contributed by atoms with E-state index in [1.165, 1.54) is 0 Å². The van der Waals surface area contributed by atoms with Gasteiger partial charge in [-0.15, -0.1) is 0 Å². The highest BCUT2D eigenvalue weighted by Crippen LogP contribution is 1.63. The number of hydrogen-bond acceptors (Lipinski definition) is 4. The first-order valence-electron chi connectivity index (χ1n) is 1.86. The van der Waals surface area contributed by atoms with Crippen molar-refractivity contribution in [3.8, 4) is 0 Å². The first-order valence-corrected chi connectivity index (χ1v) is 5.57. The van der Waals surface area contributed by atoms with Gasteiger partial charge in [0, 0.05) is 0 Å². The molecule has 0 radical (unpaired) electrons. The summed E-state index contributed by atoms with van der Waals surface area (Å²) in [4.78, 5) is 0. The van der Waals surface area contributed by atoms with Gasteiger partial charge < -0.3 is 0 Å². The zero-order valence-electron chi connectivity index (χ0n) is 5.46. The van der Waals surface area contributed by atoms with Crippen LogP contribution in [0.25, 0.3) is 0 Å². The summed E-state index contributed by atoms with van der Waals surface area (Å²) in [5.41, 5.74) is 0. The minimum Gasteiger partial charge on any atom is -0.183 e. The normalized spacial score (nSPS) is 10.7. The molecule has 0 aliphatic heterocycles. The monoisotopic (exact) mass is 177 g/mol. The quantitative estimate of drug-likeness (QED) is 0.387. The van der Waals surface area contributed by atoms with Gasteiger partial charge in [0.1, 0.15) is 0 Å². The van der Waals surface area contributed by atoms with Crippen LogP contribution in [0.3, 0.4) is 0 Å². The van der Waals surface area contributed by atoms with Crippen molar-refractivity contribution in [2.75, 3.05) is 18.8 Å². The lowest BCUT2D eigenvalue weighted by atomic mass is 11.9. The van der Waals surface area contributed by atoms with Crippen LogP contribution in [0.1, 0.15) is 0 Å². The van der Waals surface area contributed by atoms with Crippen LogP contribution >= 0.6 is 0 Å². The lowest BCUT2D eigenvalue weighted by Crippen LogP contribution is -2.58. The Morgan fingerprint density at radius 1 is 1.11 bits per heavy atom. The number of rotatable bonds is 0. The molecule has 0 aromatic carbocycles. The third kappa shape index (κ3) is 1550. The summed E-state index contributed by atoms with van der Waals surface area (Å²) in [5, 5.41) is 0. The number of halogens is 1. The summed E-state index contributed by atoms with van der Waals surface area (Å²) >= 11 is 0. The second-order valence-electron chi connectivity index (χ2n) is 1.62. The maximum atomic E-state index is 8.60. The fraction of sp³-hybridized carbons (Fsp3) is 1.00. The van der Waals surface area contributed by atoms with Crippen molar-refractivity contribution >= 4 is 10.9 Å². The van der Waals surface area contributed by atoms with Gasteiger partial charge in [0.15, 0.2) is 0 Å². The highest BCUT2D eigenvalue weighted by Gasteiger charge is 1.98. The van der Waals surface area contributed by atoms with Gasteiger partial charge in [0.25, 0.3) is 0 Å². The summed E-state index contributed by atoms with van der Waals surface area (Å²) in [7, 11) is -4.06.